The molecule has 2 aliphatic carbocycles. The van der Waals surface area contributed by atoms with Crippen LogP contribution >= 0.6 is 0 Å². The summed E-state index contributed by atoms with van der Waals surface area (Å²) in [6.07, 6.45) is 16.5. The van der Waals surface area contributed by atoms with Crippen LogP contribution in [-0.4, -0.2) is 49.6 Å². The molecular formula is C25H29N7O2. The molecule has 0 spiro atoms. The molecule has 1 saturated carbocycles. The lowest BCUT2D eigenvalue weighted by atomic mass is 10.1. The minimum Gasteiger partial charge on any atom is -0.338 e. The minimum atomic E-state index is -0.425. The lowest BCUT2D eigenvalue weighted by Gasteiger charge is -2.31. The molecule has 1 saturated heterocycles. The molecule has 0 radical (unpaired) electrons. The van der Waals surface area contributed by atoms with Gasteiger partial charge in [-0.2, -0.15) is 5.10 Å². The molecule has 3 aliphatic rings. The quantitative estimate of drug-likeness (QED) is 0.681. The summed E-state index contributed by atoms with van der Waals surface area (Å²) in [6.45, 7) is 3.52. The Labute approximate surface area is 198 Å². The van der Waals surface area contributed by atoms with E-state index >= 15 is 0 Å². The maximum atomic E-state index is 13.4. The Kier molecular flexibility index (Phi) is 6.00. The molecule has 0 aromatic carbocycles. The number of hydrogen-bond donors (Lipinski definition) is 2. The Balaban J connectivity index is 1.44. The molecule has 2 N–H and O–H groups in total. The molecule has 2 amide bonds. The van der Waals surface area contributed by atoms with Crippen molar-refractivity contribution in [2.75, 3.05) is 23.7 Å². The Morgan fingerprint density at radius 3 is 2.74 bits per heavy atom. The van der Waals surface area contributed by atoms with E-state index in [0.717, 1.165) is 56.6 Å². The van der Waals surface area contributed by atoms with Crippen molar-refractivity contribution in [3.05, 3.63) is 65.0 Å². The Bertz CT molecular complexity index is 1220. The first-order chi connectivity index (χ1) is 16.5. The van der Waals surface area contributed by atoms with E-state index in [1.165, 1.54) is 16.5 Å². The van der Waals surface area contributed by atoms with Gasteiger partial charge in [-0.3, -0.25) is 14.3 Å². The first-order valence-electron chi connectivity index (χ1n) is 11.8. The van der Waals surface area contributed by atoms with Crippen molar-refractivity contribution in [3.8, 4) is 0 Å². The molecule has 3 heterocycles. The summed E-state index contributed by atoms with van der Waals surface area (Å²) < 4.78 is 1.50. The number of hydrogen-bond acceptors (Lipinski definition) is 6. The van der Waals surface area contributed by atoms with Crippen molar-refractivity contribution in [3.63, 3.8) is 0 Å². The van der Waals surface area contributed by atoms with E-state index in [9.17, 15) is 9.59 Å². The molecule has 176 valence electrons. The lowest BCUT2D eigenvalue weighted by molar-refractivity contribution is 0.0641. The zero-order chi connectivity index (χ0) is 23.7. The van der Waals surface area contributed by atoms with Crippen LogP contribution in [0.15, 0.2) is 48.0 Å². The summed E-state index contributed by atoms with van der Waals surface area (Å²) in [4.78, 5) is 37.3. The highest BCUT2D eigenvalue weighted by Crippen LogP contribution is 2.39. The van der Waals surface area contributed by atoms with E-state index in [2.05, 4.69) is 44.8 Å². The zero-order valence-electron chi connectivity index (χ0n) is 19.5. The Hall–Kier alpha value is -3.75. The molecular weight excluding hydrogens is 430 g/mol. The third-order valence-electron chi connectivity index (χ3n) is 6.32. The van der Waals surface area contributed by atoms with Crippen molar-refractivity contribution < 1.29 is 9.59 Å². The highest BCUT2D eigenvalue weighted by Gasteiger charge is 2.30. The molecule has 1 aliphatic heterocycles. The standard InChI is InChI=1S/C25H29N7O2/c1-16-7-4-3-5-8-18(13-16)28-23-21(29-19(14-26-23)17-9-10-17)24(33)30-20-15-27-31(2)22(20)25(34)32-11-6-12-32/h3,5,8,13-15,17H,4,6-7,9-12H2,1-2H3,(H,26,28)(H,30,33)/b5-3-,16-13+,18-8+. The summed E-state index contributed by atoms with van der Waals surface area (Å²) in [5, 5.41) is 10.4. The Morgan fingerprint density at radius 2 is 2.00 bits per heavy atom. The van der Waals surface area contributed by atoms with Gasteiger partial charge < -0.3 is 15.5 Å². The molecule has 0 atom stereocenters. The summed E-state index contributed by atoms with van der Waals surface area (Å²) in [6, 6.07) is 0. The molecule has 9 nitrogen and oxygen atoms in total. The van der Waals surface area contributed by atoms with Crippen LogP contribution in [-0.2, 0) is 7.05 Å². The number of carbonyl (C=O) groups is 2. The average molecular weight is 460 g/mol. The summed E-state index contributed by atoms with van der Waals surface area (Å²) in [5.41, 5.74) is 3.83. The number of anilines is 2. The molecule has 34 heavy (non-hydrogen) atoms. The summed E-state index contributed by atoms with van der Waals surface area (Å²) in [7, 11) is 1.70. The summed E-state index contributed by atoms with van der Waals surface area (Å²) in [5.74, 6) is 0.169. The molecule has 0 unspecified atom stereocenters. The van der Waals surface area contributed by atoms with Gasteiger partial charge in [0.25, 0.3) is 11.8 Å². The van der Waals surface area contributed by atoms with E-state index in [0.29, 0.717) is 23.1 Å². The van der Waals surface area contributed by atoms with Crippen molar-refractivity contribution >= 4 is 23.3 Å². The lowest BCUT2D eigenvalue weighted by Crippen LogP contribution is -2.43. The van der Waals surface area contributed by atoms with E-state index in [1.54, 1.807) is 18.1 Å². The fourth-order valence-electron chi connectivity index (χ4n) is 4.04. The highest BCUT2D eigenvalue weighted by atomic mass is 16.2. The fourth-order valence-corrected chi connectivity index (χ4v) is 4.04. The number of likely N-dealkylation sites (tertiary alicyclic amines) is 1. The van der Waals surface area contributed by atoms with Crippen LogP contribution in [0.5, 0.6) is 0 Å². The van der Waals surface area contributed by atoms with Crippen LogP contribution in [0.1, 0.15) is 71.6 Å². The van der Waals surface area contributed by atoms with Crippen molar-refractivity contribution in [1.82, 2.24) is 24.6 Å². The van der Waals surface area contributed by atoms with Gasteiger partial charge in [-0.25, -0.2) is 9.97 Å². The highest BCUT2D eigenvalue weighted by molar-refractivity contribution is 6.09. The van der Waals surface area contributed by atoms with Gasteiger partial charge in [0.15, 0.2) is 11.5 Å². The fraction of sp³-hybridized carbons (Fsp3) is 0.400. The van der Waals surface area contributed by atoms with E-state index < -0.39 is 5.91 Å². The van der Waals surface area contributed by atoms with Crippen LogP contribution in [0.25, 0.3) is 0 Å². The number of nitrogens with one attached hydrogen (secondary N) is 2. The third kappa shape index (κ3) is 4.64. The molecule has 5 rings (SSSR count). The van der Waals surface area contributed by atoms with Gasteiger partial charge in [-0.15, -0.1) is 0 Å². The smallest absolute Gasteiger partial charge is 0.278 e. The van der Waals surface area contributed by atoms with Crippen LogP contribution < -0.4 is 10.6 Å². The normalized spacial score (nSPS) is 21.8. The van der Waals surface area contributed by atoms with Gasteiger partial charge >= 0.3 is 0 Å². The van der Waals surface area contributed by atoms with Gasteiger partial charge in [-0.1, -0.05) is 17.7 Å². The number of amides is 2. The zero-order valence-corrected chi connectivity index (χ0v) is 19.5. The first kappa shape index (κ1) is 22.1. The molecule has 2 aromatic rings. The molecule has 9 heteroatoms. The van der Waals surface area contributed by atoms with Gasteiger partial charge in [0, 0.05) is 31.8 Å². The van der Waals surface area contributed by atoms with Gasteiger partial charge in [0.1, 0.15) is 5.69 Å². The maximum Gasteiger partial charge on any atom is 0.278 e. The molecule has 0 bridgehead atoms. The van der Waals surface area contributed by atoms with Gasteiger partial charge in [0.05, 0.1) is 23.8 Å². The number of allylic oxidation sites excluding steroid dienone is 5. The summed E-state index contributed by atoms with van der Waals surface area (Å²) >= 11 is 0. The number of aromatic nitrogens is 4. The predicted octanol–water partition coefficient (Wildman–Crippen LogP) is 3.78. The van der Waals surface area contributed by atoms with E-state index in [4.69, 9.17) is 0 Å². The second-order valence-electron chi connectivity index (χ2n) is 9.10. The van der Waals surface area contributed by atoms with Gasteiger partial charge in [0.2, 0.25) is 0 Å². The third-order valence-corrected chi connectivity index (χ3v) is 6.32. The Morgan fingerprint density at radius 1 is 1.18 bits per heavy atom. The second kappa shape index (κ2) is 9.24. The SMILES string of the molecule is C\C1=C/C(Nc2ncc(C3CC3)nc2C(=O)Nc2cnn(C)c2C(=O)N2CCC2)=C\C=C/CC1. The van der Waals surface area contributed by atoms with Crippen molar-refractivity contribution in [2.24, 2.45) is 7.05 Å². The first-order valence-corrected chi connectivity index (χ1v) is 11.8. The van der Waals surface area contributed by atoms with Crippen LogP contribution in [0.4, 0.5) is 11.5 Å². The topological polar surface area (TPSA) is 105 Å². The molecule has 2 fully saturated rings. The maximum absolute atomic E-state index is 13.4. The molecule has 2 aromatic heterocycles. The second-order valence-corrected chi connectivity index (χ2v) is 9.10. The number of nitrogens with zero attached hydrogens (tertiary/aromatic N) is 5. The van der Waals surface area contributed by atoms with Gasteiger partial charge in [-0.05, 0) is 51.2 Å². The number of rotatable bonds is 6. The number of carbonyl (C=O) groups excluding carboxylic acids is 2. The van der Waals surface area contributed by atoms with Crippen LogP contribution in [0.2, 0.25) is 0 Å². The van der Waals surface area contributed by atoms with Crippen molar-refractivity contribution in [2.45, 2.75) is 44.9 Å². The minimum absolute atomic E-state index is 0.134. The van der Waals surface area contributed by atoms with E-state index in [-0.39, 0.29) is 11.6 Å². The monoisotopic (exact) mass is 459 g/mol. The predicted molar refractivity (Wildman–Crippen MR) is 130 cm³/mol. The average Bonchev–Trinajstić information content (AvgIpc) is 3.54. The van der Waals surface area contributed by atoms with E-state index in [1.807, 2.05) is 12.2 Å². The van der Waals surface area contributed by atoms with Crippen LogP contribution in [0.3, 0.4) is 0 Å². The van der Waals surface area contributed by atoms with Crippen LogP contribution in [0, 0.1) is 0 Å². The largest absolute Gasteiger partial charge is 0.338 e. The number of aryl methyl sites for hydroxylation is 1. The van der Waals surface area contributed by atoms with Crippen molar-refractivity contribution in [1.29, 1.82) is 0 Å².